The lowest BCUT2D eigenvalue weighted by atomic mass is 9.84. The molecule has 2 atom stereocenters. The second kappa shape index (κ2) is 5.58. The zero-order valence-corrected chi connectivity index (χ0v) is 12.1. The Morgan fingerprint density at radius 3 is 2.85 bits per heavy atom. The van der Waals surface area contributed by atoms with Crippen LogP contribution in [0.25, 0.3) is 0 Å². The quantitative estimate of drug-likeness (QED) is 0.938. The van der Waals surface area contributed by atoms with Gasteiger partial charge in [-0.2, -0.15) is 0 Å². The molecule has 0 bridgehead atoms. The second-order valence-electron chi connectivity index (χ2n) is 5.76. The fourth-order valence-electron chi connectivity index (χ4n) is 3.23. The highest BCUT2D eigenvalue weighted by molar-refractivity contribution is 6.30. The molecular weight excluding hydrogens is 272 g/mol. The highest BCUT2D eigenvalue weighted by atomic mass is 35.5. The molecular formula is C16H19ClN2O. The molecule has 0 saturated heterocycles. The van der Waals surface area contributed by atoms with Crippen molar-refractivity contribution in [2.45, 2.75) is 37.8 Å². The Morgan fingerprint density at radius 2 is 2.15 bits per heavy atom. The molecule has 4 heteroatoms. The molecule has 1 saturated carbocycles. The molecule has 0 unspecified atom stereocenters. The van der Waals surface area contributed by atoms with E-state index in [1.807, 2.05) is 36.8 Å². The first-order chi connectivity index (χ1) is 9.66. The molecule has 0 spiro atoms. The van der Waals surface area contributed by atoms with Gasteiger partial charge < -0.3 is 9.67 Å². The zero-order valence-electron chi connectivity index (χ0n) is 11.4. The van der Waals surface area contributed by atoms with Crippen molar-refractivity contribution < 1.29 is 5.11 Å². The van der Waals surface area contributed by atoms with Crippen LogP contribution in [0.4, 0.5) is 0 Å². The summed E-state index contributed by atoms with van der Waals surface area (Å²) >= 11 is 5.91. The molecule has 20 heavy (non-hydrogen) atoms. The third kappa shape index (κ3) is 2.89. The number of imidazole rings is 1. The summed E-state index contributed by atoms with van der Waals surface area (Å²) in [7, 11) is 0. The van der Waals surface area contributed by atoms with Crippen LogP contribution in [0.3, 0.4) is 0 Å². The van der Waals surface area contributed by atoms with Crippen LogP contribution < -0.4 is 0 Å². The summed E-state index contributed by atoms with van der Waals surface area (Å²) in [5.74, 6) is 0.285. The van der Waals surface area contributed by atoms with Gasteiger partial charge in [0, 0.05) is 36.3 Å². The van der Waals surface area contributed by atoms with Gasteiger partial charge >= 0.3 is 0 Å². The molecule has 0 amide bonds. The maximum atomic E-state index is 11.0. The molecule has 1 aliphatic carbocycles. The van der Waals surface area contributed by atoms with Crippen molar-refractivity contribution in [1.29, 1.82) is 0 Å². The van der Waals surface area contributed by atoms with E-state index in [4.69, 9.17) is 11.6 Å². The van der Waals surface area contributed by atoms with Crippen LogP contribution >= 0.6 is 11.6 Å². The van der Waals surface area contributed by atoms with Crippen LogP contribution in [-0.4, -0.2) is 20.3 Å². The zero-order chi connectivity index (χ0) is 14.0. The Balaban J connectivity index is 1.73. The summed E-state index contributed by atoms with van der Waals surface area (Å²) < 4.78 is 2.06. The number of benzene rings is 1. The minimum atomic E-state index is -0.613. The van der Waals surface area contributed by atoms with Gasteiger partial charge in [-0.1, -0.05) is 30.2 Å². The summed E-state index contributed by atoms with van der Waals surface area (Å²) in [5.41, 5.74) is 0.535. The van der Waals surface area contributed by atoms with Crippen molar-refractivity contribution in [3.05, 3.63) is 53.6 Å². The van der Waals surface area contributed by atoms with E-state index in [9.17, 15) is 5.11 Å². The van der Waals surface area contributed by atoms with E-state index in [0.29, 0.717) is 6.42 Å². The van der Waals surface area contributed by atoms with E-state index >= 15 is 0 Å². The molecule has 1 aliphatic rings. The largest absolute Gasteiger partial charge is 0.389 e. The maximum absolute atomic E-state index is 11.0. The predicted molar refractivity (Wildman–Crippen MR) is 79.7 cm³/mol. The molecule has 106 valence electrons. The third-order valence-electron chi connectivity index (χ3n) is 4.34. The highest BCUT2D eigenvalue weighted by Crippen LogP contribution is 2.39. The van der Waals surface area contributed by atoms with Gasteiger partial charge in [0.1, 0.15) is 0 Å². The van der Waals surface area contributed by atoms with Crippen LogP contribution in [0, 0.1) is 5.92 Å². The molecule has 1 fully saturated rings. The summed E-state index contributed by atoms with van der Waals surface area (Å²) in [4.78, 5) is 4.07. The number of halogens is 1. The van der Waals surface area contributed by atoms with Crippen molar-refractivity contribution in [3.63, 3.8) is 0 Å². The molecule has 3 nitrogen and oxygen atoms in total. The van der Waals surface area contributed by atoms with Crippen LogP contribution in [0.2, 0.25) is 5.02 Å². The minimum absolute atomic E-state index is 0.285. The molecule has 3 rings (SSSR count). The van der Waals surface area contributed by atoms with Gasteiger partial charge in [-0.05, 0) is 30.5 Å². The van der Waals surface area contributed by atoms with E-state index in [1.165, 1.54) is 0 Å². The molecule has 1 heterocycles. The molecule has 0 aliphatic heterocycles. The van der Waals surface area contributed by atoms with Gasteiger partial charge in [-0.25, -0.2) is 4.98 Å². The van der Waals surface area contributed by atoms with E-state index < -0.39 is 5.60 Å². The normalized spacial score (nSPS) is 26.0. The van der Waals surface area contributed by atoms with Crippen LogP contribution in [-0.2, 0) is 13.0 Å². The fraction of sp³-hybridized carbons (Fsp3) is 0.438. The lowest BCUT2D eigenvalue weighted by Crippen LogP contribution is -2.37. The summed E-state index contributed by atoms with van der Waals surface area (Å²) in [6, 6.07) is 7.79. The Morgan fingerprint density at radius 1 is 1.35 bits per heavy atom. The molecule has 1 aromatic carbocycles. The number of hydrogen-bond donors (Lipinski definition) is 1. The van der Waals surface area contributed by atoms with Crippen molar-refractivity contribution in [1.82, 2.24) is 9.55 Å². The van der Waals surface area contributed by atoms with Crippen molar-refractivity contribution in [2.75, 3.05) is 0 Å². The topological polar surface area (TPSA) is 38.0 Å². The summed E-state index contributed by atoms with van der Waals surface area (Å²) in [5, 5.41) is 11.7. The van der Waals surface area contributed by atoms with Crippen LogP contribution in [0.15, 0.2) is 43.0 Å². The SMILES string of the molecule is O[C@@]1(Cc2ccc(Cl)cc2)CCC[C@@H]1Cn1ccnc1. The Hall–Kier alpha value is -1.32. The van der Waals surface area contributed by atoms with Gasteiger partial charge in [-0.15, -0.1) is 0 Å². The Labute approximate surface area is 124 Å². The Bertz CT molecular complexity index is 552. The van der Waals surface area contributed by atoms with E-state index in [1.54, 1.807) is 6.20 Å². The van der Waals surface area contributed by atoms with Crippen molar-refractivity contribution in [3.8, 4) is 0 Å². The van der Waals surface area contributed by atoms with Gasteiger partial charge in [0.2, 0.25) is 0 Å². The standard InChI is InChI=1S/C16H19ClN2O/c17-15-5-3-13(4-6-15)10-16(20)7-1-2-14(16)11-19-9-8-18-12-19/h3-6,8-9,12,14,20H,1-2,7,10-11H2/t14-,16-/m1/s1. The number of aliphatic hydroxyl groups is 1. The van der Waals surface area contributed by atoms with Crippen LogP contribution in [0.1, 0.15) is 24.8 Å². The number of rotatable bonds is 4. The van der Waals surface area contributed by atoms with Crippen molar-refractivity contribution >= 4 is 11.6 Å². The second-order valence-corrected chi connectivity index (χ2v) is 6.19. The van der Waals surface area contributed by atoms with Gasteiger partial charge in [0.15, 0.2) is 0 Å². The van der Waals surface area contributed by atoms with Gasteiger partial charge in [0.25, 0.3) is 0 Å². The Kier molecular flexibility index (Phi) is 3.81. The van der Waals surface area contributed by atoms with Crippen molar-refractivity contribution in [2.24, 2.45) is 5.92 Å². The fourth-order valence-corrected chi connectivity index (χ4v) is 3.35. The first-order valence-electron chi connectivity index (χ1n) is 7.08. The summed E-state index contributed by atoms with van der Waals surface area (Å²) in [6.07, 6.45) is 9.29. The maximum Gasteiger partial charge on any atom is 0.0946 e. The first-order valence-corrected chi connectivity index (χ1v) is 7.46. The average Bonchev–Trinajstić information content (AvgIpc) is 3.04. The molecule has 2 aromatic rings. The van der Waals surface area contributed by atoms with Crippen LogP contribution in [0.5, 0.6) is 0 Å². The predicted octanol–water partition coefficient (Wildman–Crippen LogP) is 3.31. The highest BCUT2D eigenvalue weighted by Gasteiger charge is 2.40. The molecule has 0 radical (unpaired) electrons. The molecule has 1 aromatic heterocycles. The first kappa shape index (κ1) is 13.7. The van der Waals surface area contributed by atoms with E-state index in [2.05, 4.69) is 9.55 Å². The van der Waals surface area contributed by atoms with Gasteiger partial charge in [0.05, 0.1) is 11.9 Å². The monoisotopic (exact) mass is 290 g/mol. The van der Waals surface area contributed by atoms with E-state index in [0.717, 1.165) is 36.4 Å². The molecule has 1 N–H and O–H groups in total. The number of hydrogen-bond acceptors (Lipinski definition) is 2. The number of aromatic nitrogens is 2. The minimum Gasteiger partial charge on any atom is -0.389 e. The smallest absolute Gasteiger partial charge is 0.0946 e. The third-order valence-corrected chi connectivity index (χ3v) is 4.59. The average molecular weight is 291 g/mol. The number of nitrogens with zero attached hydrogens (tertiary/aromatic N) is 2. The van der Waals surface area contributed by atoms with Gasteiger partial charge in [-0.3, -0.25) is 0 Å². The summed E-state index contributed by atoms with van der Waals surface area (Å²) in [6.45, 7) is 0.837. The van der Waals surface area contributed by atoms with E-state index in [-0.39, 0.29) is 5.92 Å². The lowest BCUT2D eigenvalue weighted by molar-refractivity contribution is -0.00348. The lowest BCUT2D eigenvalue weighted by Gasteiger charge is -2.30.